The molecule has 7 heteroatoms. The Hall–Kier alpha value is -2.90. The third-order valence-electron chi connectivity index (χ3n) is 9.11. The highest BCUT2D eigenvalue weighted by Crippen LogP contribution is 2.50. The molecule has 1 saturated heterocycles. The average molecular weight is 491 g/mol. The minimum atomic E-state index is -0.792. The van der Waals surface area contributed by atoms with Crippen molar-refractivity contribution in [2.24, 2.45) is 5.73 Å². The smallest absolute Gasteiger partial charge is 0.321 e. The van der Waals surface area contributed by atoms with Crippen LogP contribution < -0.4 is 5.73 Å². The number of benzene rings is 2. The third-order valence-corrected chi connectivity index (χ3v) is 9.11. The lowest BCUT2D eigenvalue weighted by molar-refractivity contribution is -0.0725. The van der Waals surface area contributed by atoms with Gasteiger partial charge in [-0.25, -0.2) is 4.79 Å². The summed E-state index contributed by atoms with van der Waals surface area (Å²) in [6.07, 6.45) is 6.05. The Morgan fingerprint density at radius 1 is 0.972 bits per heavy atom. The van der Waals surface area contributed by atoms with Crippen molar-refractivity contribution < 1.29 is 14.7 Å². The maximum absolute atomic E-state index is 13.9. The Labute approximate surface area is 213 Å². The van der Waals surface area contributed by atoms with E-state index in [1.807, 2.05) is 21.9 Å². The fourth-order valence-electron chi connectivity index (χ4n) is 6.68. The Bertz CT molecular complexity index is 1120. The number of nitrogens with two attached hydrogens (primary N) is 1. The molecule has 2 aromatic carbocycles. The molecular weight excluding hydrogens is 452 g/mol. The lowest BCUT2D eigenvalue weighted by Gasteiger charge is -2.52. The molecule has 0 radical (unpaired) electrons. The standard InChI is InChI=1S/C29H38N4O3/c1-31(2)29(23-10-4-3-5-11-23)17-15-27(16-18-29)20-32(19-22-9-6-7-12-24(22)25(30)34)26(35)33(27)21-28(36)13-8-14-28/h3-7,9-12,36H,8,13-21H2,1-2H3,(H2,30,34)/t27-,29-. The maximum atomic E-state index is 13.9. The van der Waals surface area contributed by atoms with Crippen LogP contribution in [-0.4, -0.2) is 70.1 Å². The third kappa shape index (κ3) is 4.18. The first-order valence-corrected chi connectivity index (χ1v) is 13.1. The van der Waals surface area contributed by atoms with Crippen molar-refractivity contribution in [3.05, 3.63) is 71.3 Å². The molecule has 0 unspecified atom stereocenters. The van der Waals surface area contributed by atoms with Crippen LogP contribution >= 0.6 is 0 Å². The summed E-state index contributed by atoms with van der Waals surface area (Å²) in [6, 6.07) is 17.9. The first-order valence-electron chi connectivity index (χ1n) is 13.1. The van der Waals surface area contributed by atoms with Crippen LogP contribution in [0.5, 0.6) is 0 Å². The van der Waals surface area contributed by atoms with Crippen LogP contribution in [0.1, 0.15) is 66.4 Å². The molecule has 3 amide bonds. The molecule has 192 valence electrons. The normalized spacial score (nSPS) is 27.5. The van der Waals surface area contributed by atoms with Crippen molar-refractivity contribution in [3.63, 3.8) is 0 Å². The van der Waals surface area contributed by atoms with Gasteiger partial charge in [0.1, 0.15) is 0 Å². The number of hydrogen-bond acceptors (Lipinski definition) is 4. The topological polar surface area (TPSA) is 90.1 Å². The Morgan fingerprint density at radius 3 is 2.19 bits per heavy atom. The summed E-state index contributed by atoms with van der Waals surface area (Å²) < 4.78 is 0. The van der Waals surface area contributed by atoms with Crippen molar-refractivity contribution >= 4 is 11.9 Å². The highest BCUT2D eigenvalue weighted by atomic mass is 16.3. The summed E-state index contributed by atoms with van der Waals surface area (Å²) in [6.45, 7) is 1.31. The van der Waals surface area contributed by atoms with Crippen LogP contribution in [0.25, 0.3) is 0 Å². The molecule has 2 saturated carbocycles. The fraction of sp³-hybridized carbons (Fsp3) is 0.517. The van der Waals surface area contributed by atoms with Gasteiger partial charge in [-0.15, -0.1) is 0 Å². The minimum Gasteiger partial charge on any atom is -0.388 e. The van der Waals surface area contributed by atoms with Gasteiger partial charge in [-0.2, -0.15) is 0 Å². The minimum absolute atomic E-state index is 0.0494. The second-order valence-electron chi connectivity index (χ2n) is 11.3. The molecule has 5 rings (SSSR count). The van der Waals surface area contributed by atoms with Crippen molar-refractivity contribution in [3.8, 4) is 0 Å². The molecule has 2 aromatic rings. The molecule has 0 bridgehead atoms. The van der Waals surface area contributed by atoms with Gasteiger partial charge in [-0.1, -0.05) is 48.5 Å². The summed E-state index contributed by atoms with van der Waals surface area (Å²) in [7, 11) is 4.29. The van der Waals surface area contributed by atoms with Gasteiger partial charge in [0.2, 0.25) is 5.91 Å². The van der Waals surface area contributed by atoms with E-state index in [0.29, 0.717) is 25.2 Å². The first kappa shape index (κ1) is 24.8. The van der Waals surface area contributed by atoms with Crippen molar-refractivity contribution in [2.45, 2.75) is 68.2 Å². The van der Waals surface area contributed by atoms with Crippen LogP contribution in [0.3, 0.4) is 0 Å². The van der Waals surface area contributed by atoms with E-state index in [9.17, 15) is 14.7 Å². The van der Waals surface area contributed by atoms with Crippen LogP contribution in [0.4, 0.5) is 4.79 Å². The summed E-state index contributed by atoms with van der Waals surface area (Å²) in [5.74, 6) is -0.483. The van der Waals surface area contributed by atoms with Crippen molar-refractivity contribution in [1.29, 1.82) is 0 Å². The highest BCUT2D eigenvalue weighted by Gasteiger charge is 2.56. The molecule has 0 atom stereocenters. The van der Waals surface area contributed by atoms with E-state index in [1.54, 1.807) is 12.1 Å². The number of β-amino-alcohol motifs (C(OH)–C–C–N with tert-alkyl or cyclic N) is 1. The molecule has 1 spiro atoms. The number of carbonyl (C=O) groups is 2. The predicted octanol–water partition coefficient (Wildman–Crippen LogP) is 3.71. The Morgan fingerprint density at radius 2 is 1.61 bits per heavy atom. The zero-order valence-corrected chi connectivity index (χ0v) is 21.4. The van der Waals surface area contributed by atoms with E-state index in [4.69, 9.17) is 5.73 Å². The van der Waals surface area contributed by atoms with Gasteiger partial charge in [-0.3, -0.25) is 9.69 Å². The molecule has 3 N–H and O–H groups in total. The predicted molar refractivity (Wildman–Crippen MR) is 139 cm³/mol. The van der Waals surface area contributed by atoms with E-state index in [2.05, 4.69) is 49.3 Å². The molecule has 3 aliphatic rings. The van der Waals surface area contributed by atoms with Crippen LogP contribution in [0.15, 0.2) is 54.6 Å². The van der Waals surface area contributed by atoms with Crippen molar-refractivity contribution in [2.75, 3.05) is 27.2 Å². The number of urea groups is 1. The molecule has 7 nitrogen and oxygen atoms in total. The molecule has 1 heterocycles. The second-order valence-corrected chi connectivity index (χ2v) is 11.3. The number of primary amides is 1. The van der Waals surface area contributed by atoms with Gasteiger partial charge in [0, 0.05) is 24.2 Å². The average Bonchev–Trinajstić information content (AvgIpc) is 3.09. The molecule has 36 heavy (non-hydrogen) atoms. The lowest BCUT2D eigenvalue weighted by atomic mass is 9.67. The summed E-state index contributed by atoms with van der Waals surface area (Å²) in [5, 5.41) is 11.1. The lowest BCUT2D eigenvalue weighted by Crippen LogP contribution is -2.59. The van der Waals surface area contributed by atoms with Crippen LogP contribution in [0, 0.1) is 0 Å². The van der Waals surface area contributed by atoms with Crippen molar-refractivity contribution in [1.82, 2.24) is 14.7 Å². The summed E-state index contributed by atoms with van der Waals surface area (Å²) >= 11 is 0. The van der Waals surface area contributed by atoms with Crippen LogP contribution in [0.2, 0.25) is 0 Å². The zero-order chi connectivity index (χ0) is 25.6. The van der Waals surface area contributed by atoms with Gasteiger partial charge in [0.25, 0.3) is 0 Å². The quantitative estimate of drug-likeness (QED) is 0.619. The number of carbonyl (C=O) groups excluding carboxylic acids is 2. The van der Waals surface area contributed by atoms with E-state index in [1.165, 1.54) is 5.56 Å². The number of rotatable bonds is 7. The summed E-state index contributed by atoms with van der Waals surface area (Å²) in [4.78, 5) is 32.0. The first-order chi connectivity index (χ1) is 17.2. The van der Waals surface area contributed by atoms with Gasteiger partial charge in [0.05, 0.1) is 17.7 Å². The molecule has 1 aliphatic heterocycles. The van der Waals surface area contributed by atoms with Gasteiger partial charge in [-0.05, 0) is 76.2 Å². The molecule has 0 aromatic heterocycles. The second kappa shape index (κ2) is 9.20. The number of hydrogen-bond donors (Lipinski definition) is 2. The van der Waals surface area contributed by atoms with Gasteiger partial charge < -0.3 is 20.6 Å². The van der Waals surface area contributed by atoms with Crippen LogP contribution in [-0.2, 0) is 12.1 Å². The zero-order valence-electron chi connectivity index (χ0n) is 21.4. The molecular formula is C29H38N4O3. The van der Waals surface area contributed by atoms with E-state index < -0.39 is 11.5 Å². The highest BCUT2D eigenvalue weighted by molar-refractivity contribution is 5.94. The Kier molecular flexibility index (Phi) is 6.33. The summed E-state index contributed by atoms with van der Waals surface area (Å²) in [5.41, 5.74) is 6.94. The van der Waals surface area contributed by atoms with Gasteiger partial charge in [0.15, 0.2) is 0 Å². The van der Waals surface area contributed by atoms with E-state index >= 15 is 0 Å². The molecule has 3 fully saturated rings. The largest absolute Gasteiger partial charge is 0.388 e. The maximum Gasteiger partial charge on any atom is 0.321 e. The SMILES string of the molecule is CN(C)[C@]1(c2ccccc2)CC[C@@]2(CC1)CN(Cc1ccccc1C(N)=O)C(=O)N2CC1(O)CCC1. The molecule has 2 aliphatic carbocycles. The number of amides is 3. The monoisotopic (exact) mass is 490 g/mol. The number of nitrogens with zero attached hydrogens (tertiary/aromatic N) is 3. The fourth-order valence-corrected chi connectivity index (χ4v) is 6.68. The van der Waals surface area contributed by atoms with E-state index in [0.717, 1.165) is 50.5 Å². The number of aliphatic hydroxyl groups is 1. The Balaban J connectivity index is 1.44. The van der Waals surface area contributed by atoms with Gasteiger partial charge >= 0.3 is 6.03 Å². The van der Waals surface area contributed by atoms with E-state index in [-0.39, 0.29) is 17.1 Å².